The van der Waals surface area contributed by atoms with Crippen LogP contribution in [0.25, 0.3) is 10.1 Å². The van der Waals surface area contributed by atoms with E-state index in [4.69, 9.17) is 23.2 Å². The third kappa shape index (κ3) is 4.49. The maximum atomic E-state index is 13.1. The third-order valence-corrected chi connectivity index (χ3v) is 7.77. The van der Waals surface area contributed by atoms with E-state index >= 15 is 0 Å². The Labute approximate surface area is 211 Å². The number of para-hydroxylation sites is 2. The molecule has 0 radical (unpaired) electrons. The van der Waals surface area contributed by atoms with E-state index in [9.17, 15) is 9.59 Å². The molecule has 34 heavy (non-hydrogen) atoms. The van der Waals surface area contributed by atoms with Crippen molar-refractivity contribution in [2.24, 2.45) is 0 Å². The largest absolute Gasteiger partial charge is 0.366 e. The molecule has 1 aromatic heterocycles. The highest BCUT2D eigenvalue weighted by Crippen LogP contribution is 2.37. The number of thiophene rings is 1. The molecule has 0 bridgehead atoms. The lowest BCUT2D eigenvalue weighted by Crippen LogP contribution is -2.49. The SMILES string of the molecule is O=C(Nc1ccccc1N1CCN(C(=O)c2ccccc2)CC1)c1sc2cc(Cl)ccc2c1Cl. The monoisotopic (exact) mass is 509 g/mol. The van der Waals surface area contributed by atoms with E-state index in [0.29, 0.717) is 52.4 Å². The van der Waals surface area contributed by atoms with Crippen molar-refractivity contribution in [2.45, 2.75) is 0 Å². The fourth-order valence-corrected chi connectivity index (χ4v) is 5.82. The molecule has 1 fully saturated rings. The van der Waals surface area contributed by atoms with Crippen molar-refractivity contribution in [2.75, 3.05) is 36.4 Å². The highest BCUT2D eigenvalue weighted by atomic mass is 35.5. The molecule has 8 heteroatoms. The van der Waals surface area contributed by atoms with E-state index in [1.54, 1.807) is 6.07 Å². The normalized spacial score (nSPS) is 13.8. The summed E-state index contributed by atoms with van der Waals surface area (Å²) < 4.78 is 0.871. The summed E-state index contributed by atoms with van der Waals surface area (Å²) in [5.41, 5.74) is 2.33. The number of hydrogen-bond acceptors (Lipinski definition) is 4. The standard InChI is InChI=1S/C26H21Cl2N3O2S/c27-18-10-11-19-22(16-18)34-24(23(19)28)25(32)29-20-8-4-5-9-21(20)30-12-14-31(15-13-30)26(33)17-6-2-1-3-7-17/h1-11,16H,12-15H2,(H,29,32). The molecule has 1 N–H and O–H groups in total. The fourth-order valence-electron chi connectivity index (χ4n) is 4.13. The van der Waals surface area contributed by atoms with Crippen molar-refractivity contribution in [1.82, 2.24) is 4.90 Å². The number of fused-ring (bicyclic) bond motifs is 1. The minimum Gasteiger partial charge on any atom is -0.366 e. The Morgan fingerprint density at radius 1 is 0.853 bits per heavy atom. The van der Waals surface area contributed by atoms with Crippen molar-refractivity contribution in [3.05, 3.63) is 93.3 Å². The highest BCUT2D eigenvalue weighted by Gasteiger charge is 2.24. The van der Waals surface area contributed by atoms with Gasteiger partial charge in [0.15, 0.2) is 0 Å². The first-order valence-electron chi connectivity index (χ1n) is 10.9. The molecule has 5 nitrogen and oxygen atoms in total. The lowest BCUT2D eigenvalue weighted by Gasteiger charge is -2.37. The number of anilines is 2. The molecule has 5 rings (SSSR count). The Morgan fingerprint density at radius 3 is 2.32 bits per heavy atom. The van der Waals surface area contributed by atoms with Gasteiger partial charge in [0, 0.05) is 46.9 Å². The van der Waals surface area contributed by atoms with Crippen LogP contribution in [0.3, 0.4) is 0 Å². The smallest absolute Gasteiger partial charge is 0.267 e. The zero-order valence-electron chi connectivity index (χ0n) is 18.1. The Hall–Kier alpha value is -3.06. The zero-order valence-corrected chi connectivity index (χ0v) is 20.5. The molecular formula is C26H21Cl2N3O2S. The van der Waals surface area contributed by atoms with Crippen LogP contribution < -0.4 is 10.2 Å². The molecule has 172 valence electrons. The van der Waals surface area contributed by atoms with E-state index in [0.717, 1.165) is 15.8 Å². The first-order valence-corrected chi connectivity index (χ1v) is 12.5. The third-order valence-electron chi connectivity index (χ3n) is 5.88. The average molecular weight is 510 g/mol. The predicted octanol–water partition coefficient (Wildman–Crippen LogP) is 6.42. The molecule has 1 aliphatic heterocycles. The van der Waals surface area contributed by atoms with Gasteiger partial charge in [-0.2, -0.15) is 0 Å². The van der Waals surface area contributed by atoms with Gasteiger partial charge in [0.25, 0.3) is 11.8 Å². The molecule has 1 saturated heterocycles. The van der Waals surface area contributed by atoms with Crippen LogP contribution in [0.15, 0.2) is 72.8 Å². The van der Waals surface area contributed by atoms with Gasteiger partial charge in [-0.25, -0.2) is 0 Å². The van der Waals surface area contributed by atoms with Gasteiger partial charge in [0.2, 0.25) is 0 Å². The van der Waals surface area contributed by atoms with Gasteiger partial charge in [0.05, 0.1) is 16.4 Å². The number of carbonyl (C=O) groups excluding carboxylic acids is 2. The fraction of sp³-hybridized carbons (Fsp3) is 0.154. The van der Waals surface area contributed by atoms with Gasteiger partial charge >= 0.3 is 0 Å². The van der Waals surface area contributed by atoms with E-state index in [2.05, 4.69) is 10.2 Å². The molecule has 0 spiro atoms. The summed E-state index contributed by atoms with van der Waals surface area (Å²) in [6.45, 7) is 2.57. The van der Waals surface area contributed by atoms with Crippen LogP contribution in [0.1, 0.15) is 20.0 Å². The molecule has 0 atom stereocenters. The van der Waals surface area contributed by atoms with E-state index in [-0.39, 0.29) is 11.8 Å². The van der Waals surface area contributed by atoms with Crippen LogP contribution in [-0.4, -0.2) is 42.9 Å². The Morgan fingerprint density at radius 2 is 1.56 bits per heavy atom. The van der Waals surface area contributed by atoms with Gasteiger partial charge in [0.1, 0.15) is 4.88 Å². The molecule has 0 unspecified atom stereocenters. The second kappa shape index (κ2) is 9.66. The summed E-state index contributed by atoms with van der Waals surface area (Å²) in [6, 6.07) is 22.4. The van der Waals surface area contributed by atoms with E-state index in [1.807, 2.05) is 71.6 Å². The van der Waals surface area contributed by atoms with Crippen LogP contribution >= 0.6 is 34.5 Å². The second-order valence-electron chi connectivity index (χ2n) is 8.00. The van der Waals surface area contributed by atoms with Crippen molar-refractivity contribution in [1.29, 1.82) is 0 Å². The molecule has 0 aliphatic carbocycles. The number of halogens is 2. The minimum atomic E-state index is -0.257. The predicted molar refractivity (Wildman–Crippen MR) is 141 cm³/mol. The molecule has 1 aliphatic rings. The summed E-state index contributed by atoms with van der Waals surface area (Å²) in [4.78, 5) is 30.4. The number of piperazine rings is 1. The Balaban J connectivity index is 1.31. The highest BCUT2D eigenvalue weighted by molar-refractivity contribution is 7.21. The molecular weight excluding hydrogens is 489 g/mol. The van der Waals surface area contributed by atoms with Crippen LogP contribution in [0.2, 0.25) is 10.0 Å². The summed E-state index contributed by atoms with van der Waals surface area (Å²) in [7, 11) is 0. The summed E-state index contributed by atoms with van der Waals surface area (Å²) >= 11 is 13.9. The Kier molecular flexibility index (Phi) is 6.46. The number of carbonyl (C=O) groups is 2. The molecule has 3 aromatic carbocycles. The summed E-state index contributed by atoms with van der Waals surface area (Å²) in [6.07, 6.45) is 0. The lowest BCUT2D eigenvalue weighted by atomic mass is 10.1. The molecule has 2 amide bonds. The number of amides is 2. The number of nitrogens with zero attached hydrogens (tertiary/aromatic N) is 2. The maximum absolute atomic E-state index is 13.1. The van der Waals surface area contributed by atoms with Crippen LogP contribution in [0.4, 0.5) is 11.4 Å². The van der Waals surface area contributed by atoms with E-state index in [1.165, 1.54) is 11.3 Å². The molecule has 0 saturated carbocycles. The summed E-state index contributed by atoms with van der Waals surface area (Å²) in [5, 5.41) is 4.88. The molecule has 2 heterocycles. The number of nitrogens with one attached hydrogen (secondary N) is 1. The van der Waals surface area contributed by atoms with Crippen molar-refractivity contribution in [3.8, 4) is 0 Å². The minimum absolute atomic E-state index is 0.0429. The Bertz CT molecular complexity index is 1370. The van der Waals surface area contributed by atoms with Gasteiger partial charge in [-0.05, 0) is 36.4 Å². The first-order chi connectivity index (χ1) is 16.5. The van der Waals surface area contributed by atoms with Crippen LogP contribution in [-0.2, 0) is 0 Å². The van der Waals surface area contributed by atoms with Crippen molar-refractivity contribution in [3.63, 3.8) is 0 Å². The van der Waals surface area contributed by atoms with Crippen molar-refractivity contribution >= 4 is 67.8 Å². The second-order valence-corrected chi connectivity index (χ2v) is 9.87. The number of benzene rings is 3. The zero-order chi connectivity index (χ0) is 23.7. The summed E-state index contributed by atoms with van der Waals surface area (Å²) in [5.74, 6) is -0.214. The number of rotatable bonds is 4. The van der Waals surface area contributed by atoms with E-state index < -0.39 is 0 Å². The average Bonchev–Trinajstić information content (AvgIpc) is 3.20. The lowest BCUT2D eigenvalue weighted by molar-refractivity contribution is 0.0746. The van der Waals surface area contributed by atoms with Gasteiger partial charge in [-0.3, -0.25) is 9.59 Å². The van der Waals surface area contributed by atoms with Crippen LogP contribution in [0.5, 0.6) is 0 Å². The number of hydrogen-bond donors (Lipinski definition) is 1. The van der Waals surface area contributed by atoms with Gasteiger partial charge in [-0.1, -0.05) is 59.6 Å². The van der Waals surface area contributed by atoms with Crippen LogP contribution in [0, 0.1) is 0 Å². The van der Waals surface area contributed by atoms with Gasteiger partial charge < -0.3 is 15.1 Å². The topological polar surface area (TPSA) is 52.7 Å². The quantitative estimate of drug-likeness (QED) is 0.345. The van der Waals surface area contributed by atoms with Crippen molar-refractivity contribution < 1.29 is 9.59 Å². The first kappa shape index (κ1) is 22.7. The maximum Gasteiger partial charge on any atom is 0.267 e. The van der Waals surface area contributed by atoms with Gasteiger partial charge in [-0.15, -0.1) is 11.3 Å². The molecule has 4 aromatic rings.